The molecule has 0 heterocycles. The van der Waals surface area contributed by atoms with E-state index in [1.807, 2.05) is 0 Å². The van der Waals surface area contributed by atoms with Gasteiger partial charge in [-0.3, -0.25) is 0 Å². The summed E-state index contributed by atoms with van der Waals surface area (Å²) in [5, 5.41) is 0. The molecule has 0 N–H and O–H groups in total. The fourth-order valence-electron chi connectivity index (χ4n) is 0.492. The summed E-state index contributed by atoms with van der Waals surface area (Å²) in [7, 11) is 3.00. The third-order valence-corrected chi connectivity index (χ3v) is 1.65. The summed E-state index contributed by atoms with van der Waals surface area (Å²) < 4.78 is 14.9. The largest absolute Gasteiger partial charge is 0.369 e. The first-order chi connectivity index (χ1) is 5.58. The minimum absolute atomic E-state index is 0.196. The van der Waals surface area contributed by atoms with Crippen LogP contribution in [0.4, 0.5) is 0 Å². The topological polar surface area (TPSA) is 44.8 Å². The Balaban J connectivity index is 3.80. The quantitative estimate of drug-likeness (QED) is 0.439. The highest BCUT2D eigenvalue weighted by molar-refractivity contribution is 5.61. The van der Waals surface area contributed by atoms with E-state index in [1.165, 1.54) is 14.2 Å². The van der Waals surface area contributed by atoms with Crippen LogP contribution in [0.2, 0.25) is 0 Å². The van der Waals surface area contributed by atoms with E-state index in [4.69, 9.17) is 14.2 Å². The van der Waals surface area contributed by atoms with Crippen molar-refractivity contribution in [2.24, 2.45) is 0 Å². The average molecular weight is 176 g/mol. The molecule has 0 saturated carbocycles. The van der Waals surface area contributed by atoms with Crippen molar-refractivity contribution in [3.8, 4) is 0 Å². The van der Waals surface area contributed by atoms with E-state index in [9.17, 15) is 4.79 Å². The van der Waals surface area contributed by atoms with Crippen LogP contribution in [-0.2, 0) is 19.0 Å². The fourth-order valence-corrected chi connectivity index (χ4v) is 0.492. The van der Waals surface area contributed by atoms with Crippen molar-refractivity contribution in [2.45, 2.75) is 25.7 Å². The van der Waals surface area contributed by atoms with Crippen molar-refractivity contribution in [1.82, 2.24) is 0 Å². The van der Waals surface area contributed by atoms with Gasteiger partial charge >= 0.3 is 0 Å². The zero-order chi connectivity index (χ0) is 9.61. The maximum Gasteiger partial charge on any atom is 0.154 e. The van der Waals surface area contributed by atoms with E-state index in [1.54, 1.807) is 13.8 Å². The molecule has 0 aliphatic rings. The lowest BCUT2D eigenvalue weighted by molar-refractivity contribution is -0.162. The highest BCUT2D eigenvalue weighted by atomic mass is 16.7. The van der Waals surface area contributed by atoms with Crippen LogP contribution < -0.4 is 0 Å². The zero-order valence-corrected chi connectivity index (χ0v) is 7.99. The number of ether oxygens (including phenoxy) is 3. The molecule has 0 aromatic carbocycles. The Bertz CT molecular complexity index is 137. The molecule has 0 radical (unpaired) electrons. The van der Waals surface area contributed by atoms with Crippen LogP contribution in [0.1, 0.15) is 13.8 Å². The highest BCUT2D eigenvalue weighted by Gasteiger charge is 2.23. The van der Waals surface area contributed by atoms with E-state index in [0.29, 0.717) is 0 Å². The molecule has 0 spiro atoms. The lowest BCUT2D eigenvalue weighted by Crippen LogP contribution is -2.36. The van der Waals surface area contributed by atoms with Crippen molar-refractivity contribution in [3.63, 3.8) is 0 Å². The maximum absolute atomic E-state index is 10.5. The van der Waals surface area contributed by atoms with Gasteiger partial charge in [0.05, 0.1) is 6.61 Å². The van der Waals surface area contributed by atoms with Crippen LogP contribution in [0.25, 0.3) is 0 Å². The molecular formula is C8H16O4. The number of methoxy groups -OCH3 is 2. The molecule has 0 amide bonds. The first-order valence-corrected chi connectivity index (χ1v) is 3.74. The van der Waals surface area contributed by atoms with Gasteiger partial charge in [-0.1, -0.05) is 0 Å². The summed E-state index contributed by atoms with van der Waals surface area (Å²) in [6.45, 7) is 3.60. The lowest BCUT2D eigenvalue weighted by Gasteiger charge is -2.22. The standard InChI is InChI=1S/C8H16O4/c1-7(10-3)12-6-8(2,5-9)11-4/h5,7H,6H2,1-4H3/t7?,8-/m1/s1. The van der Waals surface area contributed by atoms with Crippen LogP contribution >= 0.6 is 0 Å². The summed E-state index contributed by atoms with van der Waals surface area (Å²) in [6, 6.07) is 0. The SMILES string of the molecule is COC(C)OC[C@@](C)(C=O)OC. The van der Waals surface area contributed by atoms with Crippen molar-refractivity contribution in [1.29, 1.82) is 0 Å². The number of hydrogen-bond acceptors (Lipinski definition) is 4. The Morgan fingerprint density at radius 3 is 2.42 bits per heavy atom. The van der Waals surface area contributed by atoms with Gasteiger partial charge in [0.15, 0.2) is 12.6 Å². The normalized spacial score (nSPS) is 18.3. The minimum atomic E-state index is -0.868. The molecule has 0 rings (SSSR count). The van der Waals surface area contributed by atoms with Crippen molar-refractivity contribution in [3.05, 3.63) is 0 Å². The molecule has 0 bridgehead atoms. The van der Waals surface area contributed by atoms with Crippen LogP contribution in [0.5, 0.6) is 0 Å². The third kappa shape index (κ3) is 3.80. The molecule has 0 aromatic heterocycles. The molecule has 0 aromatic rings. The van der Waals surface area contributed by atoms with E-state index in [-0.39, 0.29) is 12.9 Å². The highest BCUT2D eigenvalue weighted by Crippen LogP contribution is 2.07. The Labute approximate surface area is 72.8 Å². The summed E-state index contributed by atoms with van der Waals surface area (Å²) in [6.07, 6.45) is 0.398. The molecule has 2 atom stereocenters. The van der Waals surface area contributed by atoms with Gasteiger partial charge in [0.1, 0.15) is 5.60 Å². The van der Waals surface area contributed by atoms with Crippen LogP contribution in [0.3, 0.4) is 0 Å². The number of hydrogen-bond donors (Lipinski definition) is 0. The van der Waals surface area contributed by atoms with E-state index in [0.717, 1.165) is 6.29 Å². The Morgan fingerprint density at radius 1 is 1.50 bits per heavy atom. The molecule has 12 heavy (non-hydrogen) atoms. The monoisotopic (exact) mass is 176 g/mol. The Morgan fingerprint density at radius 2 is 2.08 bits per heavy atom. The zero-order valence-electron chi connectivity index (χ0n) is 7.99. The fraction of sp³-hybridized carbons (Fsp3) is 0.875. The maximum atomic E-state index is 10.5. The number of rotatable bonds is 6. The molecule has 1 unspecified atom stereocenters. The molecule has 0 saturated heterocycles. The predicted molar refractivity (Wildman–Crippen MR) is 43.9 cm³/mol. The van der Waals surface area contributed by atoms with Crippen molar-refractivity contribution in [2.75, 3.05) is 20.8 Å². The van der Waals surface area contributed by atoms with Gasteiger partial charge < -0.3 is 19.0 Å². The summed E-state index contributed by atoms with van der Waals surface area (Å²) in [5.41, 5.74) is -0.868. The van der Waals surface area contributed by atoms with Crippen LogP contribution in [0, 0.1) is 0 Å². The molecule has 0 aliphatic carbocycles. The molecular weight excluding hydrogens is 160 g/mol. The third-order valence-electron chi connectivity index (χ3n) is 1.65. The predicted octanol–water partition coefficient (Wildman–Crippen LogP) is 0.599. The first kappa shape index (κ1) is 11.6. The van der Waals surface area contributed by atoms with E-state index in [2.05, 4.69) is 0 Å². The van der Waals surface area contributed by atoms with E-state index >= 15 is 0 Å². The molecule has 72 valence electrons. The number of aldehydes is 1. The van der Waals surface area contributed by atoms with Crippen molar-refractivity contribution < 1.29 is 19.0 Å². The summed E-state index contributed by atoms with van der Waals surface area (Å²) in [4.78, 5) is 10.5. The summed E-state index contributed by atoms with van der Waals surface area (Å²) in [5.74, 6) is 0. The van der Waals surface area contributed by atoms with Gasteiger partial charge in [-0.05, 0) is 13.8 Å². The van der Waals surface area contributed by atoms with E-state index < -0.39 is 5.60 Å². The Kier molecular flexibility index (Phi) is 5.04. The van der Waals surface area contributed by atoms with Crippen LogP contribution in [0.15, 0.2) is 0 Å². The van der Waals surface area contributed by atoms with Gasteiger partial charge in [-0.15, -0.1) is 0 Å². The smallest absolute Gasteiger partial charge is 0.154 e. The van der Waals surface area contributed by atoms with Crippen molar-refractivity contribution >= 4 is 6.29 Å². The second-order valence-electron chi connectivity index (χ2n) is 2.75. The van der Waals surface area contributed by atoms with Gasteiger partial charge in [-0.2, -0.15) is 0 Å². The van der Waals surface area contributed by atoms with Gasteiger partial charge in [0, 0.05) is 14.2 Å². The number of carbonyl (C=O) groups is 1. The molecule has 4 nitrogen and oxygen atoms in total. The second-order valence-corrected chi connectivity index (χ2v) is 2.75. The molecule has 4 heteroatoms. The summed E-state index contributed by atoms with van der Waals surface area (Å²) >= 11 is 0. The Hall–Kier alpha value is -0.450. The molecule has 0 fully saturated rings. The van der Waals surface area contributed by atoms with Gasteiger partial charge in [0.25, 0.3) is 0 Å². The lowest BCUT2D eigenvalue weighted by atomic mass is 10.1. The average Bonchev–Trinajstić information content (AvgIpc) is 2.13. The minimum Gasteiger partial charge on any atom is -0.369 e. The number of carbonyl (C=O) groups excluding carboxylic acids is 1. The first-order valence-electron chi connectivity index (χ1n) is 3.74. The van der Waals surface area contributed by atoms with Gasteiger partial charge in [0.2, 0.25) is 0 Å². The second kappa shape index (κ2) is 5.24. The molecule has 0 aliphatic heterocycles. The van der Waals surface area contributed by atoms with Crippen LogP contribution in [-0.4, -0.2) is 39.0 Å². The van der Waals surface area contributed by atoms with Gasteiger partial charge in [-0.25, -0.2) is 0 Å².